The minimum Gasteiger partial charge on any atom is -0.352 e. The van der Waals surface area contributed by atoms with Crippen LogP contribution < -0.4 is 10.5 Å². The second kappa shape index (κ2) is 8.83. The lowest BCUT2D eigenvalue weighted by Gasteiger charge is -2.31. The van der Waals surface area contributed by atoms with E-state index in [0.29, 0.717) is 6.54 Å². The molecular formula is C18H23IN4O2S. The van der Waals surface area contributed by atoms with Crippen LogP contribution in [-0.4, -0.2) is 32.9 Å². The van der Waals surface area contributed by atoms with Crippen LogP contribution in [0.15, 0.2) is 58.4 Å². The molecule has 6 nitrogen and oxygen atoms in total. The van der Waals surface area contributed by atoms with Crippen molar-refractivity contribution in [3.8, 4) is 0 Å². The van der Waals surface area contributed by atoms with Gasteiger partial charge in [-0.2, -0.15) is 0 Å². The van der Waals surface area contributed by atoms with Crippen molar-refractivity contribution in [3.63, 3.8) is 0 Å². The third kappa shape index (κ3) is 4.95. The van der Waals surface area contributed by atoms with Crippen LogP contribution in [0.2, 0.25) is 0 Å². The number of guanidine groups is 1. The van der Waals surface area contributed by atoms with Gasteiger partial charge in [-0.1, -0.05) is 36.4 Å². The van der Waals surface area contributed by atoms with Crippen molar-refractivity contribution < 1.29 is 8.42 Å². The number of nitrogens with one attached hydrogen (secondary N) is 1. The first-order chi connectivity index (χ1) is 12.0. The van der Waals surface area contributed by atoms with E-state index < -0.39 is 10.0 Å². The van der Waals surface area contributed by atoms with E-state index in [1.165, 1.54) is 17.2 Å². The number of sulfonamides is 1. The number of nitrogens with two attached hydrogens (primary N) is 1. The number of rotatable bonds is 3. The number of nitrogens with zero attached hydrogens (tertiary/aromatic N) is 2. The SMILES string of the molecule is CN=C(NCc1cccc(S(N)(=O)=O)c1)N1CCc2ccccc2C1.I. The van der Waals surface area contributed by atoms with E-state index in [2.05, 4.69) is 39.5 Å². The number of benzene rings is 2. The summed E-state index contributed by atoms with van der Waals surface area (Å²) in [5, 5.41) is 8.49. The molecule has 0 aromatic heterocycles. The fraction of sp³-hybridized carbons (Fsp3) is 0.278. The van der Waals surface area contributed by atoms with Gasteiger partial charge in [-0.15, -0.1) is 24.0 Å². The second-order valence-electron chi connectivity index (χ2n) is 6.03. The van der Waals surface area contributed by atoms with E-state index in [9.17, 15) is 8.42 Å². The summed E-state index contributed by atoms with van der Waals surface area (Å²) in [6.07, 6.45) is 0.984. The van der Waals surface area contributed by atoms with Gasteiger partial charge in [0, 0.05) is 26.7 Å². The van der Waals surface area contributed by atoms with Gasteiger partial charge < -0.3 is 10.2 Å². The summed E-state index contributed by atoms with van der Waals surface area (Å²) in [4.78, 5) is 6.68. The van der Waals surface area contributed by atoms with E-state index in [-0.39, 0.29) is 28.9 Å². The lowest BCUT2D eigenvalue weighted by Crippen LogP contribution is -2.43. The largest absolute Gasteiger partial charge is 0.352 e. The molecule has 1 heterocycles. The Morgan fingerprint density at radius 1 is 1.19 bits per heavy atom. The standard InChI is InChI=1S/C18H22N4O2S.HI/c1-20-18(22-10-9-15-6-2-3-7-16(15)13-22)21-12-14-5-4-8-17(11-14)25(19,23)24;/h2-8,11H,9-10,12-13H2,1H3,(H,20,21)(H2,19,23,24);1H. The van der Waals surface area contributed by atoms with Crippen molar-refractivity contribution in [2.24, 2.45) is 10.1 Å². The first kappa shape index (κ1) is 20.7. The Bertz CT molecular complexity index is 900. The third-order valence-corrected chi connectivity index (χ3v) is 5.23. The maximum Gasteiger partial charge on any atom is 0.238 e. The van der Waals surface area contributed by atoms with Crippen molar-refractivity contribution in [2.45, 2.75) is 24.4 Å². The van der Waals surface area contributed by atoms with Crippen LogP contribution in [-0.2, 0) is 29.5 Å². The van der Waals surface area contributed by atoms with Gasteiger partial charge in [-0.3, -0.25) is 4.99 Å². The fourth-order valence-electron chi connectivity index (χ4n) is 3.02. The Labute approximate surface area is 171 Å². The summed E-state index contributed by atoms with van der Waals surface area (Å²) in [6.45, 7) is 2.19. The van der Waals surface area contributed by atoms with Gasteiger partial charge in [0.15, 0.2) is 5.96 Å². The Hall–Kier alpha value is -1.65. The lowest BCUT2D eigenvalue weighted by atomic mass is 10.0. The molecule has 140 valence electrons. The van der Waals surface area contributed by atoms with Crippen molar-refractivity contribution in [3.05, 3.63) is 65.2 Å². The molecule has 0 fully saturated rings. The average Bonchev–Trinajstić information content (AvgIpc) is 2.61. The Morgan fingerprint density at radius 3 is 2.62 bits per heavy atom. The normalized spacial score (nSPS) is 14.4. The van der Waals surface area contributed by atoms with Crippen molar-refractivity contribution in [1.29, 1.82) is 0 Å². The van der Waals surface area contributed by atoms with Crippen LogP contribution in [0.5, 0.6) is 0 Å². The van der Waals surface area contributed by atoms with Crippen molar-refractivity contribution in [1.82, 2.24) is 10.2 Å². The van der Waals surface area contributed by atoms with E-state index >= 15 is 0 Å². The summed E-state index contributed by atoms with van der Waals surface area (Å²) in [7, 11) is -1.94. The topological polar surface area (TPSA) is 87.8 Å². The lowest BCUT2D eigenvalue weighted by molar-refractivity contribution is 0.378. The molecule has 3 rings (SSSR count). The molecular weight excluding hydrogens is 463 g/mol. The highest BCUT2D eigenvalue weighted by molar-refractivity contribution is 14.0. The van der Waals surface area contributed by atoms with Crippen LogP contribution >= 0.6 is 24.0 Å². The predicted octanol–water partition coefficient (Wildman–Crippen LogP) is 2.09. The second-order valence-corrected chi connectivity index (χ2v) is 7.59. The van der Waals surface area contributed by atoms with Crippen molar-refractivity contribution >= 4 is 40.0 Å². The highest BCUT2D eigenvalue weighted by Crippen LogP contribution is 2.18. The Kier molecular flexibility index (Phi) is 7.01. The zero-order valence-corrected chi connectivity index (χ0v) is 17.7. The number of fused-ring (bicyclic) bond motifs is 1. The molecule has 2 aromatic carbocycles. The highest BCUT2D eigenvalue weighted by Gasteiger charge is 2.18. The van der Waals surface area contributed by atoms with Crippen LogP contribution in [0, 0.1) is 0 Å². The number of hydrogen-bond acceptors (Lipinski definition) is 3. The number of aliphatic imine (C=N–C) groups is 1. The minimum atomic E-state index is -3.69. The third-order valence-electron chi connectivity index (χ3n) is 4.32. The van der Waals surface area contributed by atoms with Crippen LogP contribution in [0.3, 0.4) is 0 Å². The average molecular weight is 486 g/mol. The predicted molar refractivity (Wildman–Crippen MR) is 114 cm³/mol. The summed E-state index contributed by atoms with van der Waals surface area (Å²) < 4.78 is 22.9. The zero-order chi connectivity index (χ0) is 17.9. The molecule has 0 atom stereocenters. The molecule has 8 heteroatoms. The molecule has 0 saturated heterocycles. The molecule has 0 spiro atoms. The Balaban J connectivity index is 0.00000243. The smallest absolute Gasteiger partial charge is 0.238 e. The van der Waals surface area contributed by atoms with Gasteiger partial charge >= 0.3 is 0 Å². The van der Waals surface area contributed by atoms with Gasteiger partial charge in [0.05, 0.1) is 4.90 Å². The van der Waals surface area contributed by atoms with E-state index in [1.54, 1.807) is 19.2 Å². The molecule has 2 aromatic rings. The van der Waals surface area contributed by atoms with Gasteiger partial charge in [-0.25, -0.2) is 13.6 Å². The Morgan fingerprint density at radius 2 is 1.92 bits per heavy atom. The molecule has 0 radical (unpaired) electrons. The molecule has 0 amide bonds. The highest BCUT2D eigenvalue weighted by atomic mass is 127. The van der Waals surface area contributed by atoms with Gasteiger partial charge in [-0.05, 0) is 35.2 Å². The van der Waals surface area contributed by atoms with Gasteiger partial charge in [0.25, 0.3) is 0 Å². The molecule has 3 N–H and O–H groups in total. The van der Waals surface area contributed by atoms with E-state index in [0.717, 1.165) is 31.0 Å². The maximum atomic E-state index is 11.5. The zero-order valence-electron chi connectivity index (χ0n) is 14.6. The first-order valence-electron chi connectivity index (χ1n) is 8.11. The summed E-state index contributed by atoms with van der Waals surface area (Å²) >= 11 is 0. The fourth-order valence-corrected chi connectivity index (χ4v) is 3.61. The number of primary sulfonamides is 1. The van der Waals surface area contributed by atoms with Gasteiger partial charge in [0.2, 0.25) is 10.0 Å². The number of hydrogen-bond donors (Lipinski definition) is 2. The quantitative estimate of drug-likeness (QED) is 0.395. The molecule has 26 heavy (non-hydrogen) atoms. The van der Waals surface area contributed by atoms with Crippen LogP contribution in [0.1, 0.15) is 16.7 Å². The minimum absolute atomic E-state index is 0. The molecule has 0 aliphatic carbocycles. The molecule has 0 unspecified atom stereocenters. The summed E-state index contributed by atoms with van der Waals surface area (Å²) in [5.41, 5.74) is 3.54. The van der Waals surface area contributed by atoms with E-state index in [1.807, 2.05) is 6.07 Å². The maximum absolute atomic E-state index is 11.5. The van der Waals surface area contributed by atoms with Crippen LogP contribution in [0.25, 0.3) is 0 Å². The van der Waals surface area contributed by atoms with Crippen LogP contribution in [0.4, 0.5) is 0 Å². The molecule has 0 saturated carbocycles. The summed E-state index contributed by atoms with van der Waals surface area (Å²) in [6, 6.07) is 15.1. The van der Waals surface area contributed by atoms with E-state index in [4.69, 9.17) is 5.14 Å². The monoisotopic (exact) mass is 486 g/mol. The van der Waals surface area contributed by atoms with Gasteiger partial charge in [0.1, 0.15) is 0 Å². The molecule has 0 bridgehead atoms. The molecule has 1 aliphatic heterocycles. The molecule has 1 aliphatic rings. The first-order valence-corrected chi connectivity index (χ1v) is 9.66. The number of halogens is 1. The summed E-state index contributed by atoms with van der Waals surface area (Å²) in [5.74, 6) is 0.801. The van der Waals surface area contributed by atoms with Crippen molar-refractivity contribution in [2.75, 3.05) is 13.6 Å².